The van der Waals surface area contributed by atoms with Gasteiger partial charge in [-0.3, -0.25) is 9.69 Å². The zero-order valence-corrected chi connectivity index (χ0v) is 26.1. The maximum absolute atomic E-state index is 13.6. The fourth-order valence-electron chi connectivity index (χ4n) is 5.57. The number of hydrogen-bond donors (Lipinski definition) is 0. The van der Waals surface area contributed by atoms with Gasteiger partial charge in [0.1, 0.15) is 6.04 Å². The minimum absolute atomic E-state index is 0.0340. The summed E-state index contributed by atoms with van der Waals surface area (Å²) in [6.45, 7) is 1.42. The first-order chi connectivity index (χ1) is 20.9. The maximum atomic E-state index is 13.6. The minimum atomic E-state index is -4.58. The lowest BCUT2D eigenvalue weighted by atomic mass is 9.90. The molecule has 0 saturated carbocycles. The Morgan fingerprint density at radius 1 is 1.02 bits per heavy atom. The monoisotopic (exact) mass is 652 g/mol. The molecule has 0 spiro atoms. The van der Waals surface area contributed by atoms with E-state index in [1.165, 1.54) is 13.2 Å². The zero-order chi connectivity index (χ0) is 31.9. The molecular weight excluding hydrogens is 617 g/mol. The van der Waals surface area contributed by atoms with Gasteiger partial charge in [0, 0.05) is 45.1 Å². The predicted octanol–water partition coefficient (Wildman–Crippen LogP) is 5.98. The molecule has 238 valence electrons. The first-order valence-corrected chi connectivity index (χ1v) is 16.4. The summed E-state index contributed by atoms with van der Waals surface area (Å²) < 4.78 is 77.2. The van der Waals surface area contributed by atoms with Gasteiger partial charge in [-0.05, 0) is 29.2 Å². The fourth-order valence-corrected chi connectivity index (χ4v) is 6.94. The Hall–Kier alpha value is -2.96. The molecule has 2 unspecified atom stereocenters. The lowest BCUT2D eigenvalue weighted by Gasteiger charge is -2.29. The largest absolute Gasteiger partial charge is 0.468 e. The van der Waals surface area contributed by atoms with Crippen LogP contribution >= 0.6 is 11.6 Å². The van der Waals surface area contributed by atoms with Gasteiger partial charge >= 0.3 is 12.1 Å². The molecule has 3 aromatic rings. The number of rotatable bonds is 13. The second-order valence-electron chi connectivity index (χ2n) is 10.8. The molecule has 2 atom stereocenters. The number of benzene rings is 3. The standard InChI is InChI=1S/C32H36ClF3N2O5S/c1-42-31(39)29-19-26(21-38(29)44(2,40)41)43-18-10-17-37(20-25-15-9-16-28(30(25)33)32(34,35)36)22-27(23-11-5-3-6-12-23)24-13-7-4-8-14-24/h3-9,11-16,26-27,29H,10,17-22H2,1-2H3. The molecule has 1 heterocycles. The Bertz CT molecular complexity index is 1450. The molecular formula is C32H36ClF3N2O5S. The Morgan fingerprint density at radius 3 is 2.18 bits per heavy atom. The number of hydrogen-bond acceptors (Lipinski definition) is 6. The molecule has 12 heteroatoms. The second-order valence-corrected chi connectivity index (χ2v) is 13.2. The normalized spacial score (nSPS) is 17.8. The van der Waals surface area contributed by atoms with Crippen molar-refractivity contribution >= 4 is 27.6 Å². The van der Waals surface area contributed by atoms with Crippen LogP contribution in [0.15, 0.2) is 78.9 Å². The molecule has 4 rings (SSSR count). The van der Waals surface area contributed by atoms with Crippen LogP contribution in [0.25, 0.3) is 0 Å². The molecule has 0 aromatic heterocycles. The molecule has 1 fully saturated rings. The van der Waals surface area contributed by atoms with Gasteiger partial charge in [-0.2, -0.15) is 17.5 Å². The number of halogens is 4. The van der Waals surface area contributed by atoms with Crippen molar-refractivity contribution in [3.8, 4) is 0 Å². The van der Waals surface area contributed by atoms with Gasteiger partial charge in [-0.25, -0.2) is 8.42 Å². The van der Waals surface area contributed by atoms with E-state index in [0.717, 1.165) is 27.8 Å². The Kier molecular flexibility index (Phi) is 11.5. The molecule has 0 bridgehead atoms. The summed E-state index contributed by atoms with van der Waals surface area (Å²) in [6, 6.07) is 22.8. The number of carbonyl (C=O) groups excluding carboxylic acids is 1. The number of nitrogens with zero attached hydrogens (tertiary/aromatic N) is 2. The second kappa shape index (κ2) is 14.9. The van der Waals surface area contributed by atoms with E-state index in [-0.39, 0.29) is 37.1 Å². The van der Waals surface area contributed by atoms with Gasteiger partial charge < -0.3 is 9.47 Å². The topological polar surface area (TPSA) is 76.2 Å². The van der Waals surface area contributed by atoms with Crippen LogP contribution in [0, 0.1) is 0 Å². The number of esters is 1. The number of carbonyl (C=O) groups is 1. The lowest BCUT2D eigenvalue weighted by molar-refractivity contribution is -0.144. The third-order valence-electron chi connectivity index (χ3n) is 7.71. The van der Waals surface area contributed by atoms with Crippen molar-refractivity contribution < 1.29 is 35.9 Å². The van der Waals surface area contributed by atoms with E-state index in [1.54, 1.807) is 6.07 Å². The first-order valence-electron chi connectivity index (χ1n) is 14.2. The van der Waals surface area contributed by atoms with E-state index in [1.807, 2.05) is 60.7 Å². The summed E-state index contributed by atoms with van der Waals surface area (Å²) in [5.74, 6) is -0.708. The van der Waals surface area contributed by atoms with E-state index < -0.39 is 39.9 Å². The van der Waals surface area contributed by atoms with Gasteiger partial charge in [0.2, 0.25) is 10.0 Å². The summed E-state index contributed by atoms with van der Waals surface area (Å²) >= 11 is 6.29. The molecule has 0 amide bonds. The number of methoxy groups -OCH3 is 1. The van der Waals surface area contributed by atoms with Crippen molar-refractivity contribution in [1.82, 2.24) is 9.21 Å². The number of ether oxygens (including phenoxy) is 2. The average Bonchev–Trinajstić information content (AvgIpc) is 3.44. The average molecular weight is 653 g/mol. The molecule has 1 aliphatic heterocycles. The summed E-state index contributed by atoms with van der Waals surface area (Å²) in [6.07, 6.45) is -3.36. The van der Waals surface area contributed by atoms with Crippen molar-refractivity contribution in [2.45, 2.75) is 43.6 Å². The molecule has 3 aromatic carbocycles. The van der Waals surface area contributed by atoms with Crippen molar-refractivity contribution in [3.63, 3.8) is 0 Å². The molecule has 0 N–H and O–H groups in total. The highest BCUT2D eigenvalue weighted by Crippen LogP contribution is 2.37. The highest BCUT2D eigenvalue weighted by Gasteiger charge is 2.43. The van der Waals surface area contributed by atoms with Crippen LogP contribution in [0.1, 0.15) is 41.0 Å². The quantitative estimate of drug-likeness (QED) is 0.167. The van der Waals surface area contributed by atoms with Crippen LogP contribution in [-0.2, 0) is 37.0 Å². The Labute approximate surface area is 261 Å². The predicted molar refractivity (Wildman–Crippen MR) is 163 cm³/mol. The summed E-state index contributed by atoms with van der Waals surface area (Å²) in [5.41, 5.74) is 1.62. The van der Waals surface area contributed by atoms with Crippen molar-refractivity contribution in [2.75, 3.05) is 39.6 Å². The van der Waals surface area contributed by atoms with Gasteiger partial charge in [0.15, 0.2) is 0 Å². The van der Waals surface area contributed by atoms with Crippen molar-refractivity contribution in [2.24, 2.45) is 0 Å². The minimum Gasteiger partial charge on any atom is -0.468 e. The lowest BCUT2D eigenvalue weighted by Crippen LogP contribution is -2.40. The highest BCUT2D eigenvalue weighted by molar-refractivity contribution is 7.88. The summed E-state index contributed by atoms with van der Waals surface area (Å²) in [4.78, 5) is 14.2. The molecule has 1 aliphatic rings. The highest BCUT2D eigenvalue weighted by atomic mass is 35.5. The number of sulfonamides is 1. The third-order valence-corrected chi connectivity index (χ3v) is 9.41. The van der Waals surface area contributed by atoms with E-state index in [0.29, 0.717) is 25.1 Å². The van der Waals surface area contributed by atoms with Crippen LogP contribution < -0.4 is 0 Å². The smallest absolute Gasteiger partial charge is 0.417 e. The number of alkyl halides is 3. The molecule has 1 saturated heterocycles. The van der Waals surface area contributed by atoms with Gasteiger partial charge in [0.05, 0.1) is 30.1 Å². The van der Waals surface area contributed by atoms with Gasteiger partial charge in [-0.1, -0.05) is 84.4 Å². The van der Waals surface area contributed by atoms with Crippen LogP contribution in [0.2, 0.25) is 5.02 Å². The van der Waals surface area contributed by atoms with Gasteiger partial charge in [0.25, 0.3) is 0 Å². The van der Waals surface area contributed by atoms with Gasteiger partial charge in [-0.15, -0.1) is 0 Å². The van der Waals surface area contributed by atoms with E-state index in [9.17, 15) is 26.4 Å². The van der Waals surface area contributed by atoms with Crippen LogP contribution in [0.5, 0.6) is 0 Å². The van der Waals surface area contributed by atoms with E-state index in [2.05, 4.69) is 4.90 Å². The SMILES string of the molecule is COC(=O)C1CC(OCCCN(Cc2cccc(C(F)(F)F)c2Cl)CC(c2ccccc2)c2ccccc2)CN1S(C)(=O)=O. The van der Waals surface area contributed by atoms with Crippen LogP contribution in [0.4, 0.5) is 13.2 Å². The van der Waals surface area contributed by atoms with Crippen LogP contribution in [0.3, 0.4) is 0 Å². The molecule has 0 aliphatic carbocycles. The molecule has 7 nitrogen and oxygen atoms in total. The molecule has 0 radical (unpaired) electrons. The zero-order valence-electron chi connectivity index (χ0n) is 24.5. The first kappa shape index (κ1) is 33.9. The van der Waals surface area contributed by atoms with Crippen molar-refractivity contribution in [3.05, 3.63) is 106 Å². The van der Waals surface area contributed by atoms with E-state index >= 15 is 0 Å². The maximum Gasteiger partial charge on any atom is 0.417 e. The van der Waals surface area contributed by atoms with Crippen molar-refractivity contribution in [1.29, 1.82) is 0 Å². The third kappa shape index (κ3) is 8.82. The summed E-state index contributed by atoms with van der Waals surface area (Å²) in [5, 5.41) is -0.321. The summed E-state index contributed by atoms with van der Waals surface area (Å²) in [7, 11) is -2.44. The fraction of sp³-hybridized carbons (Fsp3) is 0.406. The molecule has 44 heavy (non-hydrogen) atoms. The van der Waals surface area contributed by atoms with E-state index in [4.69, 9.17) is 21.1 Å². The Morgan fingerprint density at radius 2 is 1.64 bits per heavy atom. The Balaban J connectivity index is 1.52. The van der Waals surface area contributed by atoms with Crippen LogP contribution in [-0.4, -0.2) is 75.3 Å².